The van der Waals surface area contributed by atoms with E-state index in [-0.39, 0.29) is 0 Å². The van der Waals surface area contributed by atoms with Crippen LogP contribution in [-0.4, -0.2) is 14.6 Å². The second kappa shape index (κ2) is 15.9. The molecule has 2 nitrogen and oxygen atoms in total. The molecule has 0 atom stereocenters. The topological polar surface area (TPSA) is 52.0 Å². The average molecular weight is 746 g/mol. The Kier molecular flexibility index (Phi) is 13.0. The van der Waals surface area contributed by atoms with Crippen LogP contribution in [0.15, 0.2) is 72.8 Å². The molecule has 4 aromatic carbocycles. The van der Waals surface area contributed by atoms with Crippen LogP contribution in [0.2, 0.25) is 52.8 Å². The van der Waals surface area contributed by atoms with Crippen molar-refractivity contribution in [1.82, 2.24) is 0 Å². The molecule has 0 saturated carbocycles. The van der Waals surface area contributed by atoms with Gasteiger partial charge in [-0.05, 0) is 70.8 Å². The van der Waals surface area contributed by atoms with Crippen LogP contribution in [-0.2, 0) is 10.9 Å². The Morgan fingerprint density at radius 2 is 0.659 bits per heavy atom. The third kappa shape index (κ3) is 8.58. The van der Waals surface area contributed by atoms with Gasteiger partial charge in [0.15, 0.2) is 0 Å². The van der Waals surface area contributed by atoms with E-state index < -0.39 is 10.9 Å². The maximum atomic E-state index is 7.04. The smallest absolute Gasteiger partial charge is 0.149 e. The van der Waals surface area contributed by atoms with Crippen LogP contribution < -0.4 is 11.5 Å². The van der Waals surface area contributed by atoms with Crippen LogP contribution >= 0.6 is 92.8 Å². The molecule has 0 aliphatic heterocycles. The van der Waals surface area contributed by atoms with Crippen molar-refractivity contribution in [3.8, 4) is 0 Å². The summed E-state index contributed by atoms with van der Waals surface area (Å²) in [7, 11) is 4.11. The third-order valence-corrected chi connectivity index (χ3v) is 9.79. The van der Waals surface area contributed by atoms with Gasteiger partial charge in [-0.2, -0.15) is 0 Å². The van der Waals surface area contributed by atoms with E-state index in [1.807, 2.05) is 24.3 Å². The van der Waals surface area contributed by atoms with Crippen LogP contribution in [0.25, 0.3) is 0 Å². The number of benzene rings is 4. The molecule has 0 heterocycles. The molecular formula is C32H28B2Cl8N2. The first-order valence-corrected chi connectivity index (χ1v) is 17.0. The Bertz CT molecular complexity index is 1400. The Labute approximate surface area is 301 Å². The second-order valence-electron chi connectivity index (χ2n) is 10.6. The van der Waals surface area contributed by atoms with Crippen molar-refractivity contribution in [3.05, 3.63) is 135 Å². The van der Waals surface area contributed by atoms with Gasteiger partial charge in [-0.1, -0.05) is 155 Å². The van der Waals surface area contributed by atoms with Gasteiger partial charge in [0, 0.05) is 51.1 Å². The summed E-state index contributed by atoms with van der Waals surface area (Å²) in [4.78, 5) is 0. The van der Waals surface area contributed by atoms with Crippen LogP contribution in [0.4, 0.5) is 0 Å². The first-order valence-electron chi connectivity index (χ1n) is 13.9. The van der Waals surface area contributed by atoms with Crippen molar-refractivity contribution in [3.63, 3.8) is 0 Å². The van der Waals surface area contributed by atoms with E-state index in [9.17, 15) is 0 Å². The molecule has 0 unspecified atom stereocenters. The molecule has 0 spiro atoms. The van der Waals surface area contributed by atoms with Crippen molar-refractivity contribution in [2.24, 2.45) is 11.5 Å². The predicted molar refractivity (Wildman–Crippen MR) is 195 cm³/mol. The zero-order chi connectivity index (χ0) is 32.1. The van der Waals surface area contributed by atoms with E-state index in [4.69, 9.17) is 104 Å². The van der Waals surface area contributed by atoms with Crippen LogP contribution in [0, 0.1) is 0 Å². The fourth-order valence-corrected chi connectivity index (χ4v) is 7.59. The first-order chi connectivity index (χ1) is 20.8. The predicted octanol–water partition coefficient (Wildman–Crippen LogP) is 11.7. The molecule has 0 aromatic heterocycles. The Morgan fingerprint density at radius 1 is 0.409 bits per heavy atom. The zero-order valence-electron chi connectivity index (χ0n) is 23.5. The number of unbranched alkanes of at least 4 members (excludes halogenated alkanes) is 3. The highest BCUT2D eigenvalue weighted by atomic mass is 35.5. The molecule has 4 rings (SSSR count). The van der Waals surface area contributed by atoms with E-state index in [1.54, 1.807) is 48.5 Å². The molecule has 228 valence electrons. The highest BCUT2D eigenvalue weighted by Gasteiger charge is 2.35. The maximum absolute atomic E-state index is 7.04. The number of hydrogen-bond acceptors (Lipinski definition) is 2. The maximum Gasteiger partial charge on any atom is 0.149 e. The standard InChI is InChI=1S/C32H28B2Cl8N2/c35-19-5-9-23(27(39)15-19)31(43,24-10-6-20(36)16-28(24)40)33-13-3-1-2-4-14-34-32(44,25-11-7-21(37)17-29(25)41)26-12-8-22(38)18-30(26)42/h5-12,15-18H,1-4,13-14,43-44H2. The van der Waals surface area contributed by atoms with E-state index in [2.05, 4.69) is 14.6 Å². The fourth-order valence-electron chi connectivity index (χ4n) is 5.33. The molecule has 44 heavy (non-hydrogen) atoms. The Balaban J connectivity index is 1.39. The number of rotatable bonds is 13. The molecule has 4 aromatic rings. The van der Waals surface area contributed by atoms with E-state index >= 15 is 0 Å². The molecule has 0 aliphatic carbocycles. The van der Waals surface area contributed by atoms with Gasteiger partial charge in [-0.25, -0.2) is 0 Å². The molecule has 0 amide bonds. The van der Waals surface area contributed by atoms with Gasteiger partial charge in [0.25, 0.3) is 0 Å². The minimum Gasteiger partial charge on any atom is -0.325 e. The van der Waals surface area contributed by atoms with Crippen LogP contribution in [0.3, 0.4) is 0 Å². The minimum absolute atomic E-state index is 0.463. The normalized spacial score (nSPS) is 12.0. The van der Waals surface area contributed by atoms with Gasteiger partial charge in [-0.3, -0.25) is 0 Å². The Morgan fingerprint density at radius 3 is 0.886 bits per heavy atom. The monoisotopic (exact) mass is 742 g/mol. The molecule has 0 saturated heterocycles. The van der Waals surface area contributed by atoms with Gasteiger partial charge >= 0.3 is 0 Å². The summed E-state index contributed by atoms with van der Waals surface area (Å²) in [5.74, 6) is 0. The van der Waals surface area contributed by atoms with E-state index in [0.29, 0.717) is 62.4 Å². The molecule has 0 bridgehead atoms. The lowest BCUT2D eigenvalue weighted by molar-refractivity contribution is 0.677. The molecule has 0 fully saturated rings. The first kappa shape index (κ1) is 36.1. The van der Waals surface area contributed by atoms with E-state index in [1.165, 1.54) is 0 Å². The van der Waals surface area contributed by atoms with Crippen molar-refractivity contribution in [1.29, 1.82) is 0 Å². The summed E-state index contributed by atoms with van der Waals surface area (Å²) in [6.45, 7) is 0. The summed E-state index contributed by atoms with van der Waals surface area (Å²) >= 11 is 51.1. The third-order valence-electron chi connectivity index (χ3n) is 7.60. The SMILES string of the molecule is NC([B]CCCCCC[B]C(N)(c1ccc(Cl)cc1Cl)c1ccc(Cl)cc1Cl)(c1ccc(Cl)cc1Cl)c1ccc(Cl)cc1Cl. The summed E-state index contributed by atoms with van der Waals surface area (Å²) in [6.07, 6.45) is 5.25. The van der Waals surface area contributed by atoms with Gasteiger partial charge < -0.3 is 11.5 Å². The van der Waals surface area contributed by atoms with Gasteiger partial charge in [0.05, 0.1) is 0 Å². The molecule has 0 aliphatic rings. The van der Waals surface area contributed by atoms with Crippen molar-refractivity contribution in [2.45, 2.75) is 49.2 Å². The highest BCUT2D eigenvalue weighted by molar-refractivity contribution is 6.45. The van der Waals surface area contributed by atoms with Gasteiger partial charge in [-0.15, -0.1) is 0 Å². The molecule has 12 heteroatoms. The second-order valence-corrected chi connectivity index (χ2v) is 14.0. The largest absolute Gasteiger partial charge is 0.325 e. The highest BCUT2D eigenvalue weighted by Crippen LogP contribution is 2.40. The van der Waals surface area contributed by atoms with Crippen molar-refractivity contribution in [2.75, 3.05) is 0 Å². The molecular weight excluding hydrogens is 718 g/mol. The number of halogens is 8. The lowest BCUT2D eigenvalue weighted by Crippen LogP contribution is -2.44. The zero-order valence-corrected chi connectivity index (χ0v) is 29.6. The quantitative estimate of drug-likeness (QED) is 0.106. The number of nitrogens with two attached hydrogens (primary N) is 2. The van der Waals surface area contributed by atoms with E-state index in [0.717, 1.165) is 38.3 Å². The average Bonchev–Trinajstić information content (AvgIpc) is 2.94. The Hall–Kier alpha value is -0.750. The molecule has 4 N–H and O–H groups in total. The lowest BCUT2D eigenvalue weighted by Gasteiger charge is -2.33. The summed E-state index contributed by atoms with van der Waals surface area (Å²) in [5.41, 5.74) is 14.9. The molecule has 2 radical (unpaired) electrons. The van der Waals surface area contributed by atoms with Crippen molar-refractivity contribution >= 4 is 107 Å². The summed E-state index contributed by atoms with van der Waals surface area (Å²) in [5, 5.41) is 3.96. The fraction of sp³-hybridized carbons (Fsp3) is 0.250. The lowest BCUT2D eigenvalue weighted by atomic mass is 9.50. The summed E-state index contributed by atoms with van der Waals surface area (Å²) in [6, 6.07) is 21.1. The van der Waals surface area contributed by atoms with Crippen LogP contribution in [0.5, 0.6) is 0 Å². The summed E-state index contributed by atoms with van der Waals surface area (Å²) < 4.78 is 0. The minimum atomic E-state index is -1.04. The number of hydrogen-bond donors (Lipinski definition) is 2. The van der Waals surface area contributed by atoms with Crippen LogP contribution in [0.1, 0.15) is 47.9 Å². The van der Waals surface area contributed by atoms with Gasteiger partial charge in [0.1, 0.15) is 14.6 Å². The van der Waals surface area contributed by atoms with Crippen molar-refractivity contribution < 1.29 is 0 Å². The van der Waals surface area contributed by atoms with Gasteiger partial charge in [0.2, 0.25) is 0 Å².